The fourth-order valence-electron chi connectivity index (χ4n) is 2.66. The van der Waals surface area contributed by atoms with Crippen molar-refractivity contribution in [1.82, 2.24) is 9.97 Å². The van der Waals surface area contributed by atoms with Crippen LogP contribution in [-0.2, 0) is 4.74 Å². The number of anilines is 2. The van der Waals surface area contributed by atoms with Gasteiger partial charge in [0.1, 0.15) is 0 Å². The molecule has 1 aromatic heterocycles. The van der Waals surface area contributed by atoms with Crippen LogP contribution in [0.1, 0.15) is 40.5 Å². The normalized spacial score (nSPS) is 10.8. The van der Waals surface area contributed by atoms with Crippen LogP contribution in [0.3, 0.4) is 0 Å². The molecule has 5 heteroatoms. The molecule has 1 N–H and O–H groups in total. The fourth-order valence-corrected chi connectivity index (χ4v) is 2.66. The Balaban J connectivity index is 2.10. The lowest BCUT2D eigenvalue weighted by Crippen LogP contribution is -2.13. The van der Waals surface area contributed by atoms with Gasteiger partial charge in [-0.3, -0.25) is 0 Å². The molecule has 0 aliphatic carbocycles. The van der Waals surface area contributed by atoms with Crippen LogP contribution in [0.5, 0.6) is 0 Å². The Hall–Kier alpha value is -2.95. The molecule has 0 radical (unpaired) electrons. The van der Waals surface area contributed by atoms with Crippen molar-refractivity contribution in [1.29, 1.82) is 0 Å². The average Bonchev–Trinajstić information content (AvgIpc) is 2.60. The molecule has 26 heavy (non-hydrogen) atoms. The minimum absolute atomic E-state index is 0.204. The van der Waals surface area contributed by atoms with E-state index in [1.165, 1.54) is 0 Å². The van der Waals surface area contributed by atoms with Crippen molar-refractivity contribution in [3.05, 3.63) is 58.8 Å². The smallest absolute Gasteiger partial charge is 0.360 e. The molecule has 0 unspecified atom stereocenters. The maximum absolute atomic E-state index is 12.5. The number of rotatable bonds is 5. The van der Waals surface area contributed by atoms with Crippen molar-refractivity contribution in [2.45, 2.75) is 34.1 Å². The van der Waals surface area contributed by atoms with E-state index in [2.05, 4.69) is 15.3 Å². The van der Waals surface area contributed by atoms with E-state index in [-0.39, 0.29) is 5.69 Å². The van der Waals surface area contributed by atoms with E-state index >= 15 is 0 Å². The predicted octanol–water partition coefficient (Wildman–Crippen LogP) is 4.87. The number of hydrogen-bond donors (Lipinski definition) is 1. The lowest BCUT2D eigenvalue weighted by atomic mass is 10.1. The lowest BCUT2D eigenvalue weighted by molar-refractivity contribution is 0.0499. The van der Waals surface area contributed by atoms with E-state index in [4.69, 9.17) is 4.74 Å². The molecule has 3 rings (SSSR count). The number of nitrogens with one attached hydrogen (secondary N) is 1. The van der Waals surface area contributed by atoms with Crippen LogP contribution in [0.4, 0.5) is 11.5 Å². The Labute approximate surface area is 153 Å². The van der Waals surface area contributed by atoms with E-state index in [0.29, 0.717) is 17.9 Å². The van der Waals surface area contributed by atoms with Crippen LogP contribution >= 0.6 is 0 Å². The van der Waals surface area contributed by atoms with Gasteiger partial charge in [-0.1, -0.05) is 19.1 Å². The molecule has 0 saturated carbocycles. The quantitative estimate of drug-likeness (QED) is 0.666. The first-order valence-electron chi connectivity index (χ1n) is 8.77. The van der Waals surface area contributed by atoms with Crippen molar-refractivity contribution in [2.75, 3.05) is 11.9 Å². The first-order chi connectivity index (χ1) is 12.5. The molecule has 2 aromatic carbocycles. The number of nitrogens with zero attached hydrogens (tertiary/aromatic N) is 2. The largest absolute Gasteiger partial charge is 0.461 e. The minimum atomic E-state index is -0.463. The summed E-state index contributed by atoms with van der Waals surface area (Å²) < 4.78 is 5.30. The van der Waals surface area contributed by atoms with E-state index in [0.717, 1.165) is 34.3 Å². The van der Waals surface area contributed by atoms with Gasteiger partial charge in [0, 0.05) is 5.69 Å². The summed E-state index contributed by atoms with van der Waals surface area (Å²) in [7, 11) is 0. The molecule has 5 nitrogen and oxygen atoms in total. The van der Waals surface area contributed by atoms with Gasteiger partial charge in [-0.05, 0) is 68.1 Å². The summed E-state index contributed by atoms with van der Waals surface area (Å²) in [5, 5.41) is 3.22. The van der Waals surface area contributed by atoms with Crippen LogP contribution < -0.4 is 5.32 Å². The number of ether oxygens (including phenoxy) is 1. The molecule has 0 fully saturated rings. The highest BCUT2D eigenvalue weighted by Gasteiger charge is 2.18. The Morgan fingerprint density at radius 1 is 1.04 bits per heavy atom. The highest BCUT2D eigenvalue weighted by atomic mass is 16.5. The number of carbonyl (C=O) groups excluding carboxylic acids is 1. The van der Waals surface area contributed by atoms with Gasteiger partial charge >= 0.3 is 5.97 Å². The highest BCUT2D eigenvalue weighted by Crippen LogP contribution is 2.24. The summed E-state index contributed by atoms with van der Waals surface area (Å²) in [5.74, 6) is -0.0536. The summed E-state index contributed by atoms with van der Waals surface area (Å²) in [6.45, 7) is 8.38. The average molecular weight is 349 g/mol. The van der Waals surface area contributed by atoms with Gasteiger partial charge in [-0.25, -0.2) is 14.8 Å². The Kier molecular flexibility index (Phi) is 5.16. The number of hydrogen-bond acceptors (Lipinski definition) is 5. The summed E-state index contributed by atoms with van der Waals surface area (Å²) in [6, 6.07) is 11.8. The van der Waals surface area contributed by atoms with Crippen molar-refractivity contribution < 1.29 is 9.53 Å². The number of aryl methyl sites for hydroxylation is 3. The fraction of sp³-hybridized carbons (Fsp3) is 0.286. The lowest BCUT2D eigenvalue weighted by Gasteiger charge is -2.13. The van der Waals surface area contributed by atoms with Crippen molar-refractivity contribution in [3.63, 3.8) is 0 Å². The summed E-state index contributed by atoms with van der Waals surface area (Å²) in [6.07, 6.45) is 0.756. The SMILES string of the molecule is CCCOC(=O)c1nc2cc(C)c(C)cc2nc1Nc1cccc(C)c1. The third-order valence-electron chi connectivity index (χ3n) is 4.19. The molecule has 0 spiro atoms. The van der Waals surface area contributed by atoms with Crippen LogP contribution in [-0.4, -0.2) is 22.5 Å². The zero-order valence-electron chi connectivity index (χ0n) is 15.6. The molecule has 0 bridgehead atoms. The first kappa shape index (κ1) is 17.9. The van der Waals surface area contributed by atoms with Crippen molar-refractivity contribution in [3.8, 4) is 0 Å². The molecule has 1 heterocycles. The Bertz CT molecular complexity index is 967. The van der Waals surface area contributed by atoms with Gasteiger partial charge in [0.15, 0.2) is 11.5 Å². The highest BCUT2D eigenvalue weighted by molar-refractivity contribution is 5.96. The van der Waals surface area contributed by atoms with Gasteiger partial charge in [-0.2, -0.15) is 0 Å². The van der Waals surface area contributed by atoms with Crippen LogP contribution in [0.2, 0.25) is 0 Å². The van der Waals surface area contributed by atoms with E-state index in [9.17, 15) is 4.79 Å². The molecule has 0 saturated heterocycles. The molecule has 0 amide bonds. The van der Waals surface area contributed by atoms with Gasteiger partial charge < -0.3 is 10.1 Å². The van der Waals surface area contributed by atoms with Gasteiger partial charge in [-0.15, -0.1) is 0 Å². The molecular weight excluding hydrogens is 326 g/mol. The monoisotopic (exact) mass is 349 g/mol. The second kappa shape index (κ2) is 7.52. The number of carbonyl (C=O) groups is 1. The molecule has 134 valence electrons. The van der Waals surface area contributed by atoms with Gasteiger partial charge in [0.25, 0.3) is 0 Å². The standard InChI is InChI=1S/C21H23N3O2/c1-5-9-26-21(25)19-20(22-16-8-6-7-13(2)10-16)24-18-12-15(4)14(3)11-17(18)23-19/h6-8,10-12H,5,9H2,1-4H3,(H,22,24). The van der Waals surface area contributed by atoms with Crippen LogP contribution in [0, 0.1) is 20.8 Å². The Morgan fingerprint density at radius 3 is 2.38 bits per heavy atom. The minimum Gasteiger partial charge on any atom is -0.461 e. The molecular formula is C21H23N3O2. The van der Waals surface area contributed by atoms with E-state index in [1.54, 1.807) is 0 Å². The molecule has 3 aromatic rings. The molecule has 0 aliphatic heterocycles. The maximum atomic E-state index is 12.5. The summed E-state index contributed by atoms with van der Waals surface area (Å²) >= 11 is 0. The molecule has 0 aliphatic rings. The third-order valence-corrected chi connectivity index (χ3v) is 4.19. The zero-order chi connectivity index (χ0) is 18.7. The summed E-state index contributed by atoms with van der Waals surface area (Å²) in [5.41, 5.74) is 5.85. The van der Waals surface area contributed by atoms with E-state index in [1.807, 2.05) is 64.1 Å². The number of esters is 1. The zero-order valence-corrected chi connectivity index (χ0v) is 15.6. The van der Waals surface area contributed by atoms with E-state index < -0.39 is 5.97 Å². The second-order valence-corrected chi connectivity index (χ2v) is 6.48. The summed E-state index contributed by atoms with van der Waals surface area (Å²) in [4.78, 5) is 21.7. The third kappa shape index (κ3) is 3.82. The van der Waals surface area contributed by atoms with Gasteiger partial charge in [0.05, 0.1) is 17.6 Å². The maximum Gasteiger partial charge on any atom is 0.360 e. The van der Waals surface area contributed by atoms with Crippen molar-refractivity contribution >= 4 is 28.5 Å². The molecule has 0 atom stereocenters. The van der Waals surface area contributed by atoms with Crippen LogP contribution in [0.25, 0.3) is 11.0 Å². The Morgan fingerprint density at radius 2 is 1.73 bits per heavy atom. The topological polar surface area (TPSA) is 64.1 Å². The number of benzene rings is 2. The predicted molar refractivity (Wildman–Crippen MR) is 104 cm³/mol. The van der Waals surface area contributed by atoms with Crippen molar-refractivity contribution in [2.24, 2.45) is 0 Å². The number of aromatic nitrogens is 2. The van der Waals surface area contributed by atoms with Gasteiger partial charge in [0.2, 0.25) is 0 Å². The number of fused-ring (bicyclic) bond motifs is 1. The van der Waals surface area contributed by atoms with Crippen LogP contribution in [0.15, 0.2) is 36.4 Å². The first-order valence-corrected chi connectivity index (χ1v) is 8.77. The second-order valence-electron chi connectivity index (χ2n) is 6.48.